The number of hydrogen-bond acceptors (Lipinski definition) is 3. The number of rotatable bonds is 5. The van der Waals surface area contributed by atoms with Crippen LogP contribution in [0.25, 0.3) is 0 Å². The Morgan fingerprint density at radius 3 is 2.59 bits per heavy atom. The number of hydrogen-bond donors (Lipinski definition) is 0. The van der Waals surface area contributed by atoms with Crippen molar-refractivity contribution in [1.82, 2.24) is 4.90 Å². The fourth-order valence-corrected chi connectivity index (χ4v) is 3.04. The molecule has 2 rings (SSSR count). The maximum absolute atomic E-state index is 6.20. The van der Waals surface area contributed by atoms with E-state index in [0.29, 0.717) is 6.10 Å². The molecule has 0 aromatic heterocycles. The summed E-state index contributed by atoms with van der Waals surface area (Å²) in [4.78, 5) is 2.47. The van der Waals surface area contributed by atoms with Gasteiger partial charge < -0.3 is 14.4 Å². The van der Waals surface area contributed by atoms with E-state index in [1.54, 1.807) is 0 Å². The molecule has 2 fully saturated rings. The standard InChI is InChI=1S/C14H27NO2/c1-3-10-15(4-2)11-13-12-16-14(17-13)8-6-5-7-9-14/h13H,3-12H2,1-2H3. The van der Waals surface area contributed by atoms with E-state index in [1.807, 2.05) is 0 Å². The minimum absolute atomic E-state index is 0.200. The van der Waals surface area contributed by atoms with Gasteiger partial charge in [0.05, 0.1) is 12.7 Å². The predicted octanol–water partition coefficient (Wildman–Crippen LogP) is 2.79. The van der Waals surface area contributed by atoms with Crippen molar-refractivity contribution in [3.63, 3.8) is 0 Å². The first-order chi connectivity index (χ1) is 8.28. The average molecular weight is 241 g/mol. The summed E-state index contributed by atoms with van der Waals surface area (Å²) in [7, 11) is 0. The van der Waals surface area contributed by atoms with Crippen LogP contribution in [0.5, 0.6) is 0 Å². The molecule has 0 bridgehead atoms. The molecule has 1 aliphatic carbocycles. The molecule has 3 nitrogen and oxygen atoms in total. The van der Waals surface area contributed by atoms with E-state index in [0.717, 1.165) is 32.5 Å². The highest BCUT2D eigenvalue weighted by Crippen LogP contribution is 2.37. The summed E-state index contributed by atoms with van der Waals surface area (Å²) in [5, 5.41) is 0. The Morgan fingerprint density at radius 2 is 1.94 bits per heavy atom. The Kier molecular flexibility index (Phi) is 4.83. The molecular formula is C14H27NO2. The third-order valence-electron chi connectivity index (χ3n) is 3.98. The van der Waals surface area contributed by atoms with Gasteiger partial charge in [0.2, 0.25) is 0 Å². The Morgan fingerprint density at radius 1 is 1.18 bits per heavy atom. The molecule has 1 saturated carbocycles. The highest BCUT2D eigenvalue weighted by Gasteiger charge is 2.42. The fourth-order valence-electron chi connectivity index (χ4n) is 3.04. The Balaban J connectivity index is 1.80. The largest absolute Gasteiger partial charge is 0.347 e. The Bertz CT molecular complexity index is 226. The molecule has 1 spiro atoms. The Hall–Kier alpha value is -0.120. The van der Waals surface area contributed by atoms with Gasteiger partial charge in [0, 0.05) is 19.4 Å². The highest BCUT2D eigenvalue weighted by atomic mass is 16.7. The molecule has 100 valence electrons. The van der Waals surface area contributed by atoms with Crippen LogP contribution in [-0.4, -0.2) is 43.0 Å². The van der Waals surface area contributed by atoms with Gasteiger partial charge in [0.1, 0.15) is 0 Å². The molecule has 1 atom stereocenters. The van der Waals surface area contributed by atoms with Crippen molar-refractivity contribution in [2.75, 3.05) is 26.2 Å². The van der Waals surface area contributed by atoms with Crippen molar-refractivity contribution in [2.45, 2.75) is 64.3 Å². The molecule has 17 heavy (non-hydrogen) atoms. The van der Waals surface area contributed by atoms with Gasteiger partial charge in [-0.3, -0.25) is 0 Å². The van der Waals surface area contributed by atoms with E-state index < -0.39 is 0 Å². The predicted molar refractivity (Wildman–Crippen MR) is 69.0 cm³/mol. The first-order valence-electron chi connectivity index (χ1n) is 7.32. The van der Waals surface area contributed by atoms with Gasteiger partial charge in [-0.05, 0) is 32.4 Å². The van der Waals surface area contributed by atoms with E-state index >= 15 is 0 Å². The second-order valence-electron chi connectivity index (χ2n) is 5.42. The first kappa shape index (κ1) is 13.3. The van der Waals surface area contributed by atoms with E-state index in [2.05, 4.69) is 18.7 Å². The molecule has 1 saturated heterocycles. The lowest BCUT2D eigenvalue weighted by atomic mass is 9.94. The molecule has 2 aliphatic rings. The Labute approximate surface area is 105 Å². The summed E-state index contributed by atoms with van der Waals surface area (Å²) in [5.74, 6) is -0.200. The van der Waals surface area contributed by atoms with Crippen molar-refractivity contribution in [2.24, 2.45) is 0 Å². The monoisotopic (exact) mass is 241 g/mol. The number of nitrogens with zero attached hydrogens (tertiary/aromatic N) is 1. The highest BCUT2D eigenvalue weighted by molar-refractivity contribution is 4.83. The van der Waals surface area contributed by atoms with Crippen LogP contribution in [0.3, 0.4) is 0 Å². The molecule has 1 aliphatic heterocycles. The van der Waals surface area contributed by atoms with E-state index in [1.165, 1.54) is 32.2 Å². The first-order valence-corrected chi connectivity index (χ1v) is 7.32. The summed E-state index contributed by atoms with van der Waals surface area (Å²) in [5.41, 5.74) is 0. The third kappa shape index (κ3) is 3.43. The van der Waals surface area contributed by atoms with Gasteiger partial charge >= 0.3 is 0 Å². The molecule has 1 unspecified atom stereocenters. The lowest BCUT2D eigenvalue weighted by Crippen LogP contribution is -2.37. The van der Waals surface area contributed by atoms with Crippen LogP contribution in [0.4, 0.5) is 0 Å². The number of ether oxygens (including phenoxy) is 2. The maximum atomic E-state index is 6.20. The molecular weight excluding hydrogens is 214 g/mol. The second-order valence-corrected chi connectivity index (χ2v) is 5.42. The van der Waals surface area contributed by atoms with Gasteiger partial charge in [-0.2, -0.15) is 0 Å². The van der Waals surface area contributed by atoms with Crippen LogP contribution >= 0.6 is 0 Å². The zero-order chi connectivity index (χ0) is 12.1. The van der Waals surface area contributed by atoms with E-state index in [-0.39, 0.29) is 5.79 Å². The van der Waals surface area contributed by atoms with Gasteiger partial charge in [0.25, 0.3) is 0 Å². The van der Waals surface area contributed by atoms with Gasteiger partial charge in [-0.15, -0.1) is 0 Å². The van der Waals surface area contributed by atoms with Gasteiger partial charge in [-0.1, -0.05) is 20.3 Å². The quantitative estimate of drug-likeness (QED) is 0.739. The van der Waals surface area contributed by atoms with Crippen LogP contribution in [0, 0.1) is 0 Å². The summed E-state index contributed by atoms with van der Waals surface area (Å²) < 4.78 is 12.2. The van der Waals surface area contributed by atoms with E-state index in [4.69, 9.17) is 9.47 Å². The smallest absolute Gasteiger partial charge is 0.168 e. The van der Waals surface area contributed by atoms with Crippen LogP contribution in [-0.2, 0) is 9.47 Å². The second kappa shape index (κ2) is 6.17. The average Bonchev–Trinajstić information content (AvgIpc) is 2.72. The van der Waals surface area contributed by atoms with Crippen molar-refractivity contribution in [3.05, 3.63) is 0 Å². The minimum atomic E-state index is -0.200. The van der Waals surface area contributed by atoms with Crippen LogP contribution in [0.2, 0.25) is 0 Å². The van der Waals surface area contributed by atoms with Crippen LogP contribution < -0.4 is 0 Å². The molecule has 0 radical (unpaired) electrons. The van der Waals surface area contributed by atoms with Crippen LogP contribution in [0.15, 0.2) is 0 Å². The summed E-state index contributed by atoms with van der Waals surface area (Å²) in [6.07, 6.45) is 7.58. The van der Waals surface area contributed by atoms with Gasteiger partial charge in [-0.25, -0.2) is 0 Å². The zero-order valence-electron chi connectivity index (χ0n) is 11.4. The normalized spacial score (nSPS) is 28.1. The van der Waals surface area contributed by atoms with Crippen LogP contribution in [0.1, 0.15) is 52.4 Å². The van der Waals surface area contributed by atoms with Gasteiger partial charge in [0.15, 0.2) is 5.79 Å². The molecule has 0 amide bonds. The zero-order valence-corrected chi connectivity index (χ0v) is 11.4. The molecule has 0 aromatic rings. The summed E-state index contributed by atoms with van der Waals surface area (Å²) >= 11 is 0. The molecule has 0 aromatic carbocycles. The van der Waals surface area contributed by atoms with Crippen molar-refractivity contribution >= 4 is 0 Å². The van der Waals surface area contributed by atoms with Crippen molar-refractivity contribution in [1.29, 1.82) is 0 Å². The van der Waals surface area contributed by atoms with Crippen molar-refractivity contribution in [3.8, 4) is 0 Å². The fraction of sp³-hybridized carbons (Fsp3) is 1.00. The molecule has 0 N–H and O–H groups in total. The number of likely N-dealkylation sites (N-methyl/N-ethyl adjacent to an activating group) is 1. The lowest BCUT2D eigenvalue weighted by Gasteiger charge is -2.32. The SMILES string of the molecule is CCCN(CC)CC1COC2(CCCCC2)O1. The summed E-state index contributed by atoms with van der Waals surface area (Å²) in [6, 6.07) is 0. The topological polar surface area (TPSA) is 21.7 Å². The lowest BCUT2D eigenvalue weighted by molar-refractivity contribution is -0.188. The molecule has 3 heteroatoms. The molecule has 1 heterocycles. The maximum Gasteiger partial charge on any atom is 0.168 e. The summed E-state index contributed by atoms with van der Waals surface area (Å²) in [6.45, 7) is 8.56. The van der Waals surface area contributed by atoms with Crippen molar-refractivity contribution < 1.29 is 9.47 Å². The third-order valence-corrected chi connectivity index (χ3v) is 3.98. The minimum Gasteiger partial charge on any atom is -0.347 e. The van der Waals surface area contributed by atoms with E-state index in [9.17, 15) is 0 Å².